The Bertz CT molecular complexity index is 884. The van der Waals surface area contributed by atoms with E-state index in [1.165, 1.54) is 4.90 Å². The molecule has 0 unspecified atom stereocenters. The molecular formula is C21H21NO5. The Balaban J connectivity index is 2.15. The van der Waals surface area contributed by atoms with Crippen molar-refractivity contribution in [3.8, 4) is 5.75 Å². The molecular weight excluding hydrogens is 346 g/mol. The fraction of sp³-hybridized carbons (Fsp3) is 0.238. The van der Waals surface area contributed by atoms with Gasteiger partial charge in [0.25, 0.3) is 11.7 Å². The highest BCUT2D eigenvalue weighted by atomic mass is 16.5. The number of aliphatic hydroxyl groups is 2. The lowest BCUT2D eigenvalue weighted by Crippen LogP contribution is -2.32. The fourth-order valence-electron chi connectivity index (χ4n) is 3.22. The number of aliphatic hydroxyl groups excluding tert-OH is 2. The summed E-state index contributed by atoms with van der Waals surface area (Å²) in [5.74, 6) is -1.09. The summed E-state index contributed by atoms with van der Waals surface area (Å²) in [4.78, 5) is 26.4. The molecule has 0 aromatic heterocycles. The van der Waals surface area contributed by atoms with Gasteiger partial charge in [-0.1, -0.05) is 42.0 Å². The molecule has 0 aliphatic carbocycles. The predicted molar refractivity (Wildman–Crippen MR) is 100 cm³/mol. The molecule has 27 heavy (non-hydrogen) atoms. The number of hydrogen-bond donors (Lipinski definition) is 2. The topological polar surface area (TPSA) is 87.1 Å². The maximum absolute atomic E-state index is 12.7. The van der Waals surface area contributed by atoms with Gasteiger partial charge in [-0.25, -0.2) is 0 Å². The van der Waals surface area contributed by atoms with Crippen molar-refractivity contribution in [3.63, 3.8) is 0 Å². The molecule has 2 aromatic carbocycles. The molecule has 1 heterocycles. The Morgan fingerprint density at radius 2 is 1.70 bits per heavy atom. The summed E-state index contributed by atoms with van der Waals surface area (Å²) < 4.78 is 5.15. The van der Waals surface area contributed by atoms with Crippen molar-refractivity contribution in [1.82, 2.24) is 4.90 Å². The highest BCUT2D eigenvalue weighted by Gasteiger charge is 2.45. The second-order valence-electron chi connectivity index (χ2n) is 6.36. The van der Waals surface area contributed by atoms with Gasteiger partial charge in [-0.05, 0) is 24.6 Å². The van der Waals surface area contributed by atoms with Gasteiger partial charge in [-0.3, -0.25) is 9.59 Å². The molecule has 1 aliphatic rings. The molecule has 1 amide bonds. The summed E-state index contributed by atoms with van der Waals surface area (Å²) in [5, 5.41) is 20.2. The lowest BCUT2D eigenvalue weighted by Gasteiger charge is -2.24. The fourth-order valence-corrected chi connectivity index (χ4v) is 3.22. The maximum atomic E-state index is 12.7. The van der Waals surface area contributed by atoms with Crippen LogP contribution in [-0.4, -0.2) is 47.1 Å². The number of benzene rings is 2. The number of carbonyl (C=O) groups excluding carboxylic acids is 2. The molecule has 6 heteroatoms. The Morgan fingerprint density at radius 3 is 2.26 bits per heavy atom. The van der Waals surface area contributed by atoms with Crippen molar-refractivity contribution in [3.05, 3.63) is 70.8 Å². The number of nitrogens with zero attached hydrogens (tertiary/aromatic N) is 1. The van der Waals surface area contributed by atoms with E-state index < -0.39 is 17.7 Å². The number of ether oxygens (including phenoxy) is 1. The zero-order chi connectivity index (χ0) is 19.6. The second kappa shape index (κ2) is 7.63. The molecule has 3 rings (SSSR count). The molecule has 2 aromatic rings. The summed E-state index contributed by atoms with van der Waals surface area (Å²) in [6.07, 6.45) is 0. The number of β-amino-alcohol motifs (C(OH)–C–C–N with tert-alkyl or cyclic N) is 1. The molecule has 1 fully saturated rings. The number of methoxy groups -OCH3 is 1. The third-order valence-corrected chi connectivity index (χ3v) is 4.64. The smallest absolute Gasteiger partial charge is 0.295 e. The molecule has 0 bridgehead atoms. The minimum Gasteiger partial charge on any atom is -0.507 e. The Labute approximate surface area is 157 Å². The van der Waals surface area contributed by atoms with Crippen LogP contribution in [0.3, 0.4) is 0 Å². The first-order valence-electron chi connectivity index (χ1n) is 8.58. The molecule has 140 valence electrons. The van der Waals surface area contributed by atoms with E-state index in [0.717, 1.165) is 5.56 Å². The third kappa shape index (κ3) is 3.44. The minimum atomic E-state index is -0.774. The first-order valence-corrected chi connectivity index (χ1v) is 8.58. The van der Waals surface area contributed by atoms with Crippen LogP contribution in [-0.2, 0) is 9.59 Å². The lowest BCUT2D eigenvalue weighted by molar-refractivity contribution is -0.140. The van der Waals surface area contributed by atoms with Gasteiger partial charge < -0.3 is 19.8 Å². The van der Waals surface area contributed by atoms with Gasteiger partial charge in [0.1, 0.15) is 11.5 Å². The van der Waals surface area contributed by atoms with Crippen LogP contribution in [0.4, 0.5) is 0 Å². The molecule has 0 saturated carbocycles. The van der Waals surface area contributed by atoms with E-state index in [0.29, 0.717) is 16.9 Å². The van der Waals surface area contributed by atoms with Crippen molar-refractivity contribution < 1.29 is 24.5 Å². The van der Waals surface area contributed by atoms with E-state index in [9.17, 15) is 19.8 Å². The number of carbonyl (C=O) groups is 2. The first kappa shape index (κ1) is 18.7. The van der Waals surface area contributed by atoms with E-state index in [4.69, 9.17) is 4.74 Å². The van der Waals surface area contributed by atoms with Crippen molar-refractivity contribution in [2.75, 3.05) is 20.3 Å². The zero-order valence-corrected chi connectivity index (χ0v) is 15.2. The van der Waals surface area contributed by atoms with E-state index in [-0.39, 0.29) is 24.5 Å². The van der Waals surface area contributed by atoms with Gasteiger partial charge in [-0.15, -0.1) is 0 Å². The summed E-state index contributed by atoms with van der Waals surface area (Å²) in [6, 6.07) is 13.2. The van der Waals surface area contributed by atoms with Gasteiger partial charge in [0.2, 0.25) is 0 Å². The monoisotopic (exact) mass is 367 g/mol. The van der Waals surface area contributed by atoms with Crippen molar-refractivity contribution in [1.29, 1.82) is 0 Å². The van der Waals surface area contributed by atoms with E-state index in [2.05, 4.69) is 0 Å². The van der Waals surface area contributed by atoms with Crippen LogP contribution in [0, 0.1) is 6.92 Å². The number of hydrogen-bond acceptors (Lipinski definition) is 5. The number of likely N-dealkylation sites (tertiary alicyclic amines) is 1. The Morgan fingerprint density at radius 1 is 1.07 bits per heavy atom. The van der Waals surface area contributed by atoms with Crippen LogP contribution < -0.4 is 4.74 Å². The molecule has 0 radical (unpaired) electrons. The summed E-state index contributed by atoms with van der Waals surface area (Å²) in [6.45, 7) is 1.62. The van der Waals surface area contributed by atoms with Crippen molar-refractivity contribution >= 4 is 17.4 Å². The Hall–Kier alpha value is -3.12. The highest BCUT2D eigenvalue weighted by Crippen LogP contribution is 2.39. The van der Waals surface area contributed by atoms with Gasteiger partial charge in [0.05, 0.1) is 25.3 Å². The quantitative estimate of drug-likeness (QED) is 0.481. The lowest BCUT2D eigenvalue weighted by atomic mass is 9.95. The predicted octanol–water partition coefficient (Wildman–Crippen LogP) is 2.42. The Kier molecular flexibility index (Phi) is 5.28. The van der Waals surface area contributed by atoms with Crippen molar-refractivity contribution in [2.45, 2.75) is 13.0 Å². The molecule has 1 atom stereocenters. The van der Waals surface area contributed by atoms with Crippen molar-refractivity contribution in [2.24, 2.45) is 0 Å². The van der Waals surface area contributed by atoms with Crippen LogP contribution in [0.1, 0.15) is 22.7 Å². The van der Waals surface area contributed by atoms with E-state index in [1.54, 1.807) is 43.5 Å². The highest BCUT2D eigenvalue weighted by molar-refractivity contribution is 6.46. The molecule has 1 aliphatic heterocycles. The average Bonchev–Trinajstić information content (AvgIpc) is 2.93. The SMILES string of the molecule is COc1ccc([C@@H]2/C(=C(\O)c3ccc(C)cc3)C(=O)C(=O)N2CCO)cc1. The average molecular weight is 367 g/mol. The third-order valence-electron chi connectivity index (χ3n) is 4.64. The largest absolute Gasteiger partial charge is 0.507 e. The maximum Gasteiger partial charge on any atom is 0.295 e. The van der Waals surface area contributed by atoms with Crippen LogP contribution in [0.15, 0.2) is 54.1 Å². The normalized spacial score (nSPS) is 18.8. The van der Waals surface area contributed by atoms with Crippen LogP contribution in [0.5, 0.6) is 5.75 Å². The van der Waals surface area contributed by atoms with Gasteiger partial charge in [-0.2, -0.15) is 0 Å². The number of ketones is 1. The van der Waals surface area contributed by atoms with Crippen LogP contribution in [0.2, 0.25) is 0 Å². The number of amides is 1. The molecule has 1 saturated heterocycles. The van der Waals surface area contributed by atoms with Gasteiger partial charge in [0, 0.05) is 12.1 Å². The van der Waals surface area contributed by atoms with E-state index in [1.807, 2.05) is 19.1 Å². The van der Waals surface area contributed by atoms with E-state index >= 15 is 0 Å². The molecule has 0 spiro atoms. The standard InChI is InChI=1S/C21H21NO5/c1-13-3-5-15(6-4-13)19(24)17-18(14-7-9-16(27-2)10-8-14)22(11-12-23)21(26)20(17)25/h3-10,18,23-24H,11-12H2,1-2H3/b19-17+/t18-/m1/s1. The van der Waals surface area contributed by atoms with Gasteiger partial charge >= 0.3 is 0 Å². The molecule has 2 N–H and O–H groups in total. The number of Topliss-reactive ketones (excluding diaryl/α,β-unsaturated/α-hetero) is 1. The second-order valence-corrected chi connectivity index (χ2v) is 6.36. The first-order chi connectivity index (χ1) is 13.0. The van der Waals surface area contributed by atoms with Crippen LogP contribution >= 0.6 is 0 Å². The summed E-state index contributed by atoms with van der Waals surface area (Å²) in [5.41, 5.74) is 2.14. The minimum absolute atomic E-state index is 0.00799. The number of rotatable bonds is 5. The molecule has 6 nitrogen and oxygen atoms in total. The summed E-state index contributed by atoms with van der Waals surface area (Å²) >= 11 is 0. The van der Waals surface area contributed by atoms with Crippen LogP contribution in [0.25, 0.3) is 5.76 Å². The van der Waals surface area contributed by atoms with Gasteiger partial charge in [0.15, 0.2) is 0 Å². The zero-order valence-electron chi connectivity index (χ0n) is 15.2. The summed E-state index contributed by atoms with van der Waals surface area (Å²) in [7, 11) is 1.55. The number of aryl methyl sites for hydroxylation is 1.